The number of nitrogens with two attached hydrogens (primary N) is 1. The van der Waals surface area contributed by atoms with Crippen LogP contribution in [0.2, 0.25) is 0 Å². The molecule has 6 atom stereocenters. The number of alkyl halides is 6. The van der Waals surface area contributed by atoms with E-state index in [2.05, 4.69) is 5.32 Å². The highest BCUT2D eigenvalue weighted by Gasteiger charge is 2.67. The van der Waals surface area contributed by atoms with E-state index in [4.69, 9.17) is 19.9 Å². The second kappa shape index (κ2) is 11.2. The fourth-order valence-electron chi connectivity index (χ4n) is 5.59. The molecule has 10 nitrogen and oxygen atoms in total. The molecule has 2 heterocycles. The maximum Gasteiger partial charge on any atom is 0.416 e. The Morgan fingerprint density at radius 3 is 2.24 bits per heavy atom. The van der Waals surface area contributed by atoms with E-state index in [-0.39, 0.29) is 43.0 Å². The third-order valence-corrected chi connectivity index (χ3v) is 8.13. The molecule has 0 aromatic heterocycles. The van der Waals surface area contributed by atoms with Crippen molar-refractivity contribution in [2.75, 3.05) is 19.9 Å². The van der Waals surface area contributed by atoms with Gasteiger partial charge in [0.2, 0.25) is 12.7 Å². The SMILES string of the molecule is CC(O)C(N)C(=O)OCOC(=O)N1C[C@@]2(CCC(=O)N2)CC2C[C@]21CO[C@H](C)c1cc(C(F)(F)F)cc(C(F)(F)F)c1. The predicted molar refractivity (Wildman–Crippen MR) is 130 cm³/mol. The van der Waals surface area contributed by atoms with Gasteiger partial charge >= 0.3 is 24.4 Å². The lowest BCUT2D eigenvalue weighted by Gasteiger charge is -2.44. The van der Waals surface area contributed by atoms with Crippen molar-refractivity contribution in [3.8, 4) is 0 Å². The number of hydrogen-bond donors (Lipinski definition) is 3. The van der Waals surface area contributed by atoms with E-state index in [0.29, 0.717) is 31.4 Å². The minimum absolute atomic E-state index is 0.00523. The van der Waals surface area contributed by atoms with Crippen LogP contribution in [0.1, 0.15) is 62.3 Å². The minimum atomic E-state index is -5.03. The molecule has 1 spiro atoms. The average Bonchev–Trinajstić information content (AvgIpc) is 3.50. The van der Waals surface area contributed by atoms with Gasteiger partial charge in [0.25, 0.3) is 0 Å². The van der Waals surface area contributed by atoms with Gasteiger partial charge in [-0.25, -0.2) is 4.79 Å². The summed E-state index contributed by atoms with van der Waals surface area (Å²) in [5.41, 5.74) is 0.420. The lowest BCUT2D eigenvalue weighted by Crippen LogP contribution is -2.61. The number of ether oxygens (including phenoxy) is 3. The zero-order chi connectivity index (χ0) is 31.3. The monoisotopic (exact) mass is 611 g/mol. The zero-order valence-corrected chi connectivity index (χ0v) is 22.7. The van der Waals surface area contributed by atoms with Crippen molar-refractivity contribution >= 4 is 18.0 Å². The molecule has 4 rings (SSSR count). The molecule has 1 aromatic rings. The van der Waals surface area contributed by atoms with Gasteiger partial charge in [0.05, 0.1) is 41.0 Å². The molecule has 2 amide bonds. The predicted octanol–water partition coefficient (Wildman–Crippen LogP) is 3.26. The first kappa shape index (κ1) is 31.8. The van der Waals surface area contributed by atoms with Gasteiger partial charge in [0.15, 0.2) is 0 Å². The minimum Gasteiger partial charge on any atom is -0.427 e. The number of aliphatic hydroxyl groups excluding tert-OH is 1. The summed E-state index contributed by atoms with van der Waals surface area (Å²) in [6.45, 7) is 1.48. The van der Waals surface area contributed by atoms with Crippen molar-refractivity contribution in [3.63, 3.8) is 0 Å². The summed E-state index contributed by atoms with van der Waals surface area (Å²) in [4.78, 5) is 38.4. The number of esters is 1. The number of aliphatic hydroxyl groups is 1. The third kappa shape index (κ3) is 6.59. The lowest BCUT2D eigenvalue weighted by atomic mass is 9.84. The van der Waals surface area contributed by atoms with Crippen LogP contribution in [0.5, 0.6) is 0 Å². The molecule has 3 aliphatic rings. The highest BCUT2D eigenvalue weighted by atomic mass is 19.4. The van der Waals surface area contributed by atoms with Crippen molar-refractivity contribution < 1.29 is 60.0 Å². The Morgan fingerprint density at radius 2 is 1.71 bits per heavy atom. The average molecular weight is 612 g/mol. The number of likely N-dealkylation sites (tertiary alicyclic amines) is 1. The second-order valence-corrected chi connectivity index (χ2v) is 11.2. The Labute approximate surface area is 236 Å². The number of carbonyl (C=O) groups is 3. The number of hydrogen-bond acceptors (Lipinski definition) is 8. The fraction of sp³-hybridized carbons (Fsp3) is 0.654. The molecule has 234 valence electrons. The van der Waals surface area contributed by atoms with E-state index < -0.39 is 71.7 Å². The number of fused-ring (bicyclic) bond motifs is 1. The lowest BCUT2D eigenvalue weighted by molar-refractivity contribution is -0.157. The van der Waals surface area contributed by atoms with Gasteiger partial charge in [-0.2, -0.15) is 26.3 Å². The van der Waals surface area contributed by atoms with E-state index in [1.54, 1.807) is 0 Å². The van der Waals surface area contributed by atoms with Crippen LogP contribution in [0, 0.1) is 5.92 Å². The van der Waals surface area contributed by atoms with Crippen molar-refractivity contribution in [2.24, 2.45) is 11.7 Å². The Bertz CT molecular complexity index is 1190. The molecule has 3 unspecified atom stereocenters. The quantitative estimate of drug-likeness (QED) is 0.231. The first-order valence-electron chi connectivity index (χ1n) is 13.1. The number of nitrogens with one attached hydrogen (secondary N) is 1. The molecule has 0 bridgehead atoms. The van der Waals surface area contributed by atoms with Crippen molar-refractivity contribution in [1.29, 1.82) is 0 Å². The van der Waals surface area contributed by atoms with Gasteiger partial charge in [-0.15, -0.1) is 0 Å². The standard InChI is InChI=1S/C26H31F6N3O7/c1-13(36)20(33)21(38)41-12-42-22(39)35-10-23(4-3-19(37)34-23)8-18-9-24(18,35)11-40-14(2)15-5-16(25(27,28)29)7-17(6-15)26(30,31)32/h5-7,13-14,18,20,36H,3-4,8-12,33H2,1-2H3,(H,34,37)/t13?,14-,18?,20?,23-,24+/m1/s1. The number of benzene rings is 1. The van der Waals surface area contributed by atoms with Crippen LogP contribution in [0.15, 0.2) is 18.2 Å². The van der Waals surface area contributed by atoms with Crippen LogP contribution >= 0.6 is 0 Å². The fourth-order valence-corrected chi connectivity index (χ4v) is 5.59. The molecule has 42 heavy (non-hydrogen) atoms. The number of amides is 2. The number of nitrogens with zero attached hydrogens (tertiary/aromatic N) is 1. The number of rotatable bonds is 8. The smallest absolute Gasteiger partial charge is 0.416 e. The normalized spacial score (nSPS) is 27.6. The summed E-state index contributed by atoms with van der Waals surface area (Å²) in [6.07, 6.45) is -11.9. The van der Waals surface area contributed by atoms with Crippen molar-refractivity contribution in [3.05, 3.63) is 34.9 Å². The molecule has 4 N–H and O–H groups in total. The zero-order valence-electron chi connectivity index (χ0n) is 22.7. The molecular weight excluding hydrogens is 580 g/mol. The molecule has 3 fully saturated rings. The van der Waals surface area contributed by atoms with Crippen LogP contribution in [-0.4, -0.2) is 71.1 Å². The van der Waals surface area contributed by atoms with Crippen molar-refractivity contribution in [2.45, 2.75) is 81.2 Å². The van der Waals surface area contributed by atoms with E-state index in [1.807, 2.05) is 0 Å². The molecule has 0 radical (unpaired) electrons. The summed E-state index contributed by atoms with van der Waals surface area (Å²) >= 11 is 0. The van der Waals surface area contributed by atoms with E-state index in [1.165, 1.54) is 18.7 Å². The van der Waals surface area contributed by atoms with Crippen LogP contribution in [-0.2, 0) is 36.2 Å². The number of piperidine rings is 1. The van der Waals surface area contributed by atoms with Crippen LogP contribution < -0.4 is 11.1 Å². The van der Waals surface area contributed by atoms with Gasteiger partial charge in [0.1, 0.15) is 6.04 Å². The number of halogens is 6. The van der Waals surface area contributed by atoms with E-state index in [9.17, 15) is 45.8 Å². The molecular formula is C26H31F6N3O7. The summed E-state index contributed by atoms with van der Waals surface area (Å²) in [5, 5.41) is 12.3. The Balaban J connectivity index is 1.51. The molecule has 1 aromatic carbocycles. The maximum atomic E-state index is 13.3. The third-order valence-electron chi connectivity index (χ3n) is 8.13. The van der Waals surface area contributed by atoms with Crippen molar-refractivity contribution in [1.82, 2.24) is 10.2 Å². The van der Waals surface area contributed by atoms with Crippen LogP contribution in [0.25, 0.3) is 0 Å². The highest BCUT2D eigenvalue weighted by molar-refractivity contribution is 5.80. The van der Waals surface area contributed by atoms with E-state index in [0.717, 1.165) is 0 Å². The topological polar surface area (TPSA) is 140 Å². The summed E-state index contributed by atoms with van der Waals surface area (Å²) in [5.74, 6) is -1.44. The van der Waals surface area contributed by atoms with Gasteiger partial charge in [-0.3, -0.25) is 14.5 Å². The van der Waals surface area contributed by atoms with E-state index >= 15 is 0 Å². The molecule has 1 aliphatic carbocycles. The van der Waals surface area contributed by atoms with Crippen LogP contribution in [0.4, 0.5) is 31.1 Å². The van der Waals surface area contributed by atoms with Crippen LogP contribution in [0.3, 0.4) is 0 Å². The first-order chi connectivity index (χ1) is 19.4. The largest absolute Gasteiger partial charge is 0.427 e. The van der Waals surface area contributed by atoms with Gasteiger partial charge < -0.3 is 30.4 Å². The Kier molecular flexibility index (Phi) is 8.48. The van der Waals surface area contributed by atoms with Gasteiger partial charge in [-0.05, 0) is 62.8 Å². The van der Waals surface area contributed by atoms with Gasteiger partial charge in [0, 0.05) is 13.0 Å². The summed E-state index contributed by atoms with van der Waals surface area (Å²) < 4.78 is 95.8. The first-order valence-corrected chi connectivity index (χ1v) is 13.1. The summed E-state index contributed by atoms with van der Waals surface area (Å²) in [7, 11) is 0. The number of carbonyl (C=O) groups excluding carboxylic acids is 3. The molecule has 16 heteroatoms. The molecule has 2 saturated heterocycles. The Morgan fingerprint density at radius 1 is 1.10 bits per heavy atom. The second-order valence-electron chi connectivity index (χ2n) is 11.2. The maximum absolute atomic E-state index is 13.3. The molecule has 1 saturated carbocycles. The van der Waals surface area contributed by atoms with Gasteiger partial charge in [-0.1, -0.05) is 0 Å². The Hall–Kier alpha value is -3.11. The highest BCUT2D eigenvalue weighted by Crippen LogP contribution is 2.58. The summed E-state index contributed by atoms with van der Waals surface area (Å²) in [6, 6.07) is -0.173. The molecule has 2 aliphatic heterocycles.